The van der Waals surface area contributed by atoms with Gasteiger partial charge in [0, 0.05) is 15.1 Å². The first kappa shape index (κ1) is 115. The van der Waals surface area contributed by atoms with Crippen molar-refractivity contribution in [2.45, 2.75) is 414 Å². The van der Waals surface area contributed by atoms with E-state index < -0.39 is 0 Å². The molecule has 0 bridgehead atoms. The van der Waals surface area contributed by atoms with Crippen LogP contribution in [0.5, 0.6) is 0 Å². The Morgan fingerprint density at radius 1 is 0.181 bits per heavy atom. The molecule has 0 saturated heterocycles. The van der Waals surface area contributed by atoms with Crippen molar-refractivity contribution in [3.05, 3.63) is 243 Å². The van der Waals surface area contributed by atoms with Gasteiger partial charge in [0.2, 0.25) is 0 Å². The van der Waals surface area contributed by atoms with E-state index in [0.29, 0.717) is 0 Å². The summed E-state index contributed by atoms with van der Waals surface area (Å²) in [5.74, 6) is 20.4. The molecule has 7 aromatic carbocycles. The van der Waals surface area contributed by atoms with Crippen molar-refractivity contribution in [3.63, 3.8) is 0 Å². The van der Waals surface area contributed by atoms with Gasteiger partial charge in [0.25, 0.3) is 0 Å². The first-order valence-corrected chi connectivity index (χ1v) is 53.4. The second-order valence-corrected chi connectivity index (χ2v) is 46.1. The number of rotatable bonds is 6. The first-order valence-electron chi connectivity index (χ1n) is 52.3. The number of hydrogen-bond donors (Lipinski definition) is 0. The normalized spacial score (nSPS) is 27.6. The highest BCUT2D eigenvalue weighted by molar-refractivity contribution is 6.34. The Morgan fingerprint density at radius 2 is 0.433 bits per heavy atom. The maximum atomic E-state index is 5.83. The standard InChI is InChI=1S/2C17H32.C15H28.C10H14.C9H12.C8H8Cl2.C8H9Cl.C8H16.C8H10.C8H16.2C8H10/c2*1-12-5-7-16(9-14(12)3)11-17-8-6-13(2)15(4)10-17;1-12-3-7-14(8-4-12)11-15-9-5-13(2)6-10-15;1-7-5-9(3)10(4)6-8(7)2;1-7-4-5-8(2)9(3)6-7;1-5-3-8(10)6(2)4-7(5)9;1-6-3-4-8(9)7(2)5-6;2*1-7-3-5-8(2)6-4-7;2*1-7-4-3-5-8(2)6-7;1-7-5-3-4-6-8(7)2/h2*12-17H,5-11H2,1-4H3;12-15H,3-11H2,1-2H3;5-6H,1-4H3;4-6H,1-3H3;3-4H,1-2H3;3-5H,1-2H3;7-8H,3-6H2,1-2H3;3-6H,1-2H3;7-8H,3-6H2,1-2H3;2*3-6H,1-2H3. The van der Waals surface area contributed by atoms with Gasteiger partial charge in [-0.1, -0.05) is 428 Å². The second-order valence-electron chi connectivity index (χ2n) is 44.8. The van der Waals surface area contributed by atoms with Crippen LogP contribution in [-0.4, -0.2) is 0 Å². The minimum absolute atomic E-state index is 0.780. The number of benzene rings is 7. The number of halogens is 3. The highest BCUT2D eigenvalue weighted by atomic mass is 35.5. The molecule has 8 aliphatic carbocycles. The Bertz CT molecular complexity index is 3650. The average Bonchev–Trinajstić information content (AvgIpc) is 0.861. The third-order valence-corrected chi connectivity index (χ3v) is 33.2. The van der Waals surface area contributed by atoms with Crippen LogP contribution in [0.1, 0.15) is 391 Å². The first-order chi connectivity index (χ1) is 59.9. The van der Waals surface area contributed by atoms with Crippen molar-refractivity contribution in [1.82, 2.24) is 0 Å². The fraction of sp³-hybridized carbons (Fsp3) is 0.661. The van der Waals surface area contributed by atoms with Crippen molar-refractivity contribution in [1.29, 1.82) is 0 Å². The quantitative estimate of drug-likeness (QED) is 0.156. The third-order valence-electron chi connectivity index (χ3n) is 31.9. The smallest absolute Gasteiger partial charge is 0.0438 e. The Balaban J connectivity index is 0.000000294. The largest absolute Gasteiger partial charge is 0.0841 e. The lowest BCUT2D eigenvalue weighted by Gasteiger charge is -2.37. The van der Waals surface area contributed by atoms with Crippen molar-refractivity contribution < 1.29 is 0 Å². The van der Waals surface area contributed by atoms with Crippen LogP contribution in [0.15, 0.2) is 133 Å². The molecule has 8 fully saturated rings. The molecule has 714 valence electrons. The van der Waals surface area contributed by atoms with Crippen LogP contribution < -0.4 is 0 Å². The monoisotopic (exact) mass is 1790 g/mol. The van der Waals surface area contributed by atoms with Gasteiger partial charge in [0.15, 0.2) is 0 Å². The Labute approximate surface area is 804 Å². The van der Waals surface area contributed by atoms with Gasteiger partial charge in [-0.15, -0.1) is 0 Å². The molecule has 0 heterocycles. The third kappa shape index (κ3) is 48.8. The fourth-order valence-corrected chi connectivity index (χ4v) is 21.4. The van der Waals surface area contributed by atoms with E-state index in [1.54, 1.807) is 19.3 Å². The lowest BCUT2D eigenvalue weighted by Crippen LogP contribution is -2.26. The molecule has 127 heavy (non-hydrogen) atoms. The average molecular weight is 1790 g/mol. The van der Waals surface area contributed by atoms with Crippen molar-refractivity contribution in [2.75, 3.05) is 0 Å². The van der Waals surface area contributed by atoms with Crippen LogP contribution in [0.4, 0.5) is 0 Å². The predicted octanol–water partition coefficient (Wildman–Crippen LogP) is 40.7. The molecular weight excluding hydrogens is 1600 g/mol. The van der Waals surface area contributed by atoms with Gasteiger partial charge in [0.05, 0.1) is 0 Å². The topological polar surface area (TPSA) is 0 Å². The minimum Gasteiger partial charge on any atom is -0.0841 e. The SMILES string of the molecule is CC1CCC(C)CC1.CC1CCC(CC2CCC(C)C(C)C2)CC1C.CC1CCC(CC2CCC(C)C(C)C2)CC1C.CC1CCC(CC2CCC(C)CC2)CC1.CC1CCCC(C)C1.Cc1cc(C)c(C)cc1C.Cc1cc(Cl)c(C)cc1Cl.Cc1ccc(C)c(C)c1.Cc1ccc(C)cc1.Cc1ccc(Cl)c(C)c1.Cc1cccc(C)c1.Cc1ccccc1C. The summed E-state index contributed by atoms with van der Waals surface area (Å²) in [6.07, 6.45) is 46.7. The highest BCUT2D eigenvalue weighted by Crippen LogP contribution is 2.45. The van der Waals surface area contributed by atoms with Gasteiger partial charge >= 0.3 is 0 Å². The molecule has 0 aromatic heterocycles. The zero-order valence-corrected chi connectivity index (χ0v) is 90.6. The lowest BCUT2D eigenvalue weighted by molar-refractivity contribution is 0.139. The molecule has 14 unspecified atom stereocenters. The summed E-state index contributed by atoms with van der Waals surface area (Å²) in [5.41, 5.74) is 22.2. The van der Waals surface area contributed by atoms with E-state index in [9.17, 15) is 0 Å². The summed E-state index contributed by atoms with van der Waals surface area (Å²) in [5, 5.41) is 2.41. The molecular formula is C124H197Cl3. The van der Waals surface area contributed by atoms with Crippen LogP contribution in [-0.2, 0) is 0 Å². The van der Waals surface area contributed by atoms with Gasteiger partial charge in [0.1, 0.15) is 0 Å². The van der Waals surface area contributed by atoms with Crippen molar-refractivity contribution in [2.24, 2.45) is 118 Å². The van der Waals surface area contributed by atoms with E-state index >= 15 is 0 Å². The van der Waals surface area contributed by atoms with Crippen LogP contribution >= 0.6 is 34.8 Å². The van der Waals surface area contributed by atoms with Crippen LogP contribution in [0, 0.1) is 236 Å². The van der Waals surface area contributed by atoms with E-state index in [1.807, 2.05) is 45.0 Å². The molecule has 0 spiro atoms. The van der Waals surface area contributed by atoms with Gasteiger partial charge in [-0.25, -0.2) is 0 Å². The Hall–Kier alpha value is -4.59. The predicted molar refractivity (Wildman–Crippen MR) is 573 cm³/mol. The minimum atomic E-state index is 0.780. The summed E-state index contributed by atoms with van der Waals surface area (Å²) < 4.78 is 0. The van der Waals surface area contributed by atoms with Gasteiger partial charge in [-0.2, -0.15) is 0 Å². The molecule has 14 atom stereocenters. The Kier molecular flexibility index (Phi) is 56.1. The molecule has 15 rings (SSSR count). The van der Waals surface area contributed by atoms with Crippen molar-refractivity contribution in [3.8, 4) is 0 Å². The molecule has 3 heteroatoms. The van der Waals surface area contributed by atoms with E-state index in [1.165, 1.54) is 258 Å². The van der Waals surface area contributed by atoms with Gasteiger partial charge in [-0.05, 0) is 367 Å². The van der Waals surface area contributed by atoms with E-state index in [0.717, 1.165) is 150 Å². The van der Waals surface area contributed by atoms with E-state index in [4.69, 9.17) is 34.8 Å². The molecule has 8 saturated carbocycles. The zero-order valence-electron chi connectivity index (χ0n) is 88.3. The highest BCUT2D eigenvalue weighted by Gasteiger charge is 2.33. The van der Waals surface area contributed by atoms with Crippen molar-refractivity contribution >= 4 is 34.8 Å². The molecule has 0 aliphatic heterocycles. The summed E-state index contributed by atoms with van der Waals surface area (Å²) in [4.78, 5) is 0. The second kappa shape index (κ2) is 62.1. The summed E-state index contributed by atoms with van der Waals surface area (Å²) in [6.45, 7) is 69.6. The molecule has 0 radical (unpaired) electrons. The summed E-state index contributed by atoms with van der Waals surface area (Å²) >= 11 is 17.4. The van der Waals surface area contributed by atoms with E-state index in [-0.39, 0.29) is 0 Å². The van der Waals surface area contributed by atoms with Gasteiger partial charge < -0.3 is 0 Å². The van der Waals surface area contributed by atoms with Crippen LogP contribution in [0.3, 0.4) is 0 Å². The van der Waals surface area contributed by atoms with Gasteiger partial charge in [-0.3, -0.25) is 0 Å². The molecule has 0 amide bonds. The maximum absolute atomic E-state index is 5.83. The lowest BCUT2D eigenvalue weighted by atomic mass is 9.68. The molecule has 8 aliphatic rings. The van der Waals surface area contributed by atoms with E-state index in [2.05, 4.69) is 303 Å². The van der Waals surface area contributed by atoms with Crippen LogP contribution in [0.2, 0.25) is 15.1 Å². The molecule has 7 aromatic rings. The summed E-state index contributed by atoms with van der Waals surface area (Å²) in [6, 6.07) is 46.0. The number of aryl methyl sites for hydroxylation is 17. The molecule has 0 N–H and O–H groups in total. The maximum Gasteiger partial charge on any atom is 0.0438 e. The fourth-order valence-electron chi connectivity index (χ4n) is 20.8. The zero-order chi connectivity index (χ0) is 94.6. The number of hydrogen-bond acceptors (Lipinski definition) is 0. The Morgan fingerprint density at radius 3 is 0.685 bits per heavy atom. The summed E-state index contributed by atoms with van der Waals surface area (Å²) in [7, 11) is 0. The van der Waals surface area contributed by atoms with Crippen LogP contribution in [0.25, 0.3) is 0 Å². The molecule has 0 nitrogen and oxygen atoms in total.